The van der Waals surface area contributed by atoms with Crippen molar-refractivity contribution < 1.29 is 4.79 Å². The Hall–Kier alpha value is -3.18. The highest BCUT2D eigenvalue weighted by atomic mass is 32.2. The Morgan fingerprint density at radius 2 is 1.97 bits per heavy atom. The number of benzene rings is 1. The quantitative estimate of drug-likeness (QED) is 0.716. The molecule has 0 spiro atoms. The Balaban J connectivity index is 1.34. The number of thioether (sulfide) groups is 1. The summed E-state index contributed by atoms with van der Waals surface area (Å²) in [7, 11) is 2.06. The second kappa shape index (κ2) is 8.40. The summed E-state index contributed by atoms with van der Waals surface area (Å²) in [6.45, 7) is 2.74. The highest BCUT2D eigenvalue weighted by molar-refractivity contribution is 8.04. The molecule has 1 aromatic carbocycles. The predicted octanol–water partition coefficient (Wildman–Crippen LogP) is 3.85. The summed E-state index contributed by atoms with van der Waals surface area (Å²) in [6.07, 6.45) is 6.49. The summed E-state index contributed by atoms with van der Waals surface area (Å²) in [6, 6.07) is 11.5. The largest absolute Gasteiger partial charge is 0.398 e. The Morgan fingerprint density at radius 3 is 2.66 bits per heavy atom. The van der Waals surface area contributed by atoms with Crippen molar-refractivity contribution in [1.82, 2.24) is 9.88 Å². The van der Waals surface area contributed by atoms with Gasteiger partial charge in [0.15, 0.2) is 0 Å². The van der Waals surface area contributed by atoms with Gasteiger partial charge in [-0.3, -0.25) is 4.79 Å². The predicted molar refractivity (Wildman–Crippen MR) is 128 cm³/mol. The topological polar surface area (TPSA) is 89.5 Å². The molecule has 4 heterocycles. The van der Waals surface area contributed by atoms with Crippen molar-refractivity contribution in [3.63, 3.8) is 0 Å². The summed E-state index contributed by atoms with van der Waals surface area (Å²) in [4.78, 5) is 25.2. The molecule has 0 saturated carbocycles. The van der Waals surface area contributed by atoms with E-state index < -0.39 is 0 Å². The van der Waals surface area contributed by atoms with E-state index in [1.54, 1.807) is 34.9 Å². The number of hydrogen-bond donors (Lipinski definition) is 1. The van der Waals surface area contributed by atoms with E-state index in [1.807, 2.05) is 6.20 Å². The molecule has 1 aromatic heterocycles. The first kappa shape index (κ1) is 20.7. The van der Waals surface area contributed by atoms with Gasteiger partial charge in [0, 0.05) is 56.2 Å². The molecular formula is C24H26N6OS. The normalized spacial score (nSPS) is 21.1. The van der Waals surface area contributed by atoms with Gasteiger partial charge in [0.05, 0.1) is 16.2 Å². The maximum atomic E-state index is 13.3. The molecule has 1 amide bonds. The van der Waals surface area contributed by atoms with Gasteiger partial charge in [0.2, 0.25) is 0 Å². The monoisotopic (exact) mass is 446 g/mol. The van der Waals surface area contributed by atoms with Crippen LogP contribution in [-0.2, 0) is 4.79 Å². The van der Waals surface area contributed by atoms with Crippen LogP contribution in [0.4, 0.5) is 17.2 Å². The molecule has 0 aliphatic carbocycles. The lowest BCUT2D eigenvalue weighted by molar-refractivity contribution is -0.114. The molecule has 32 heavy (non-hydrogen) atoms. The summed E-state index contributed by atoms with van der Waals surface area (Å²) >= 11 is 1.59. The molecule has 5 rings (SSSR count). The van der Waals surface area contributed by atoms with Gasteiger partial charge in [-0.15, -0.1) is 0 Å². The number of pyridine rings is 1. The fourth-order valence-electron chi connectivity index (χ4n) is 4.68. The number of nitrogens with zero attached hydrogens (tertiary/aromatic N) is 5. The first-order valence-electron chi connectivity index (χ1n) is 11.0. The highest BCUT2D eigenvalue weighted by Gasteiger charge is 2.39. The van der Waals surface area contributed by atoms with Crippen LogP contribution in [0, 0.1) is 11.3 Å². The number of carbonyl (C=O) groups is 1. The fourth-order valence-corrected chi connectivity index (χ4v) is 6.05. The van der Waals surface area contributed by atoms with Gasteiger partial charge in [0.25, 0.3) is 5.91 Å². The van der Waals surface area contributed by atoms with E-state index in [-0.39, 0.29) is 11.3 Å². The Labute approximate surface area is 192 Å². The molecule has 1 atom stereocenters. The Kier molecular flexibility index (Phi) is 5.43. The third-order valence-electron chi connectivity index (χ3n) is 6.48. The molecule has 1 unspecified atom stereocenters. The van der Waals surface area contributed by atoms with E-state index in [9.17, 15) is 4.79 Å². The Bertz CT molecular complexity index is 1120. The molecule has 3 aliphatic heterocycles. The molecule has 1 fully saturated rings. The molecule has 1 saturated heterocycles. The third-order valence-corrected chi connectivity index (χ3v) is 7.94. The Morgan fingerprint density at radius 1 is 1.16 bits per heavy atom. The lowest BCUT2D eigenvalue weighted by Gasteiger charge is -2.30. The molecule has 7 nitrogen and oxygen atoms in total. The SMILES string of the molecule is CN1C2=C(SC1c1ccc(N3CCCCC3)nc1)C(=O)N(c1ccc(C#N)c(N)c1)CC2. The van der Waals surface area contributed by atoms with Crippen molar-refractivity contribution >= 4 is 34.9 Å². The van der Waals surface area contributed by atoms with Gasteiger partial charge in [-0.1, -0.05) is 17.8 Å². The van der Waals surface area contributed by atoms with Crippen LogP contribution in [-0.4, -0.2) is 42.5 Å². The van der Waals surface area contributed by atoms with Crippen LogP contribution in [0.25, 0.3) is 0 Å². The number of aromatic nitrogens is 1. The molecular weight excluding hydrogens is 420 g/mol. The standard InChI is InChI=1S/C24H26N6OS/c1-28-20-9-12-30(18-7-5-16(14-25)19(26)13-18)23(31)22(20)32-24(28)17-6-8-21(27-15-17)29-10-3-2-4-11-29/h5-8,13,15,24H,2-4,9-12,26H2,1H3. The van der Waals surface area contributed by atoms with Crippen molar-refractivity contribution in [3.05, 3.63) is 58.3 Å². The molecule has 164 valence electrons. The highest BCUT2D eigenvalue weighted by Crippen LogP contribution is 2.50. The minimum Gasteiger partial charge on any atom is -0.398 e. The van der Waals surface area contributed by atoms with Crippen LogP contribution in [0.3, 0.4) is 0 Å². The summed E-state index contributed by atoms with van der Waals surface area (Å²) < 4.78 is 0. The number of nitrogens with two attached hydrogens (primary N) is 1. The zero-order valence-corrected chi connectivity index (χ0v) is 18.9. The van der Waals surface area contributed by atoms with E-state index in [2.05, 4.69) is 35.0 Å². The molecule has 0 bridgehead atoms. The third kappa shape index (κ3) is 3.56. The number of nitriles is 1. The number of carbonyl (C=O) groups excluding carboxylic acids is 1. The number of piperidine rings is 1. The van der Waals surface area contributed by atoms with Crippen molar-refractivity contribution in [2.24, 2.45) is 0 Å². The van der Waals surface area contributed by atoms with E-state index in [0.29, 0.717) is 17.8 Å². The van der Waals surface area contributed by atoms with E-state index in [0.717, 1.165) is 47.2 Å². The van der Waals surface area contributed by atoms with Gasteiger partial charge >= 0.3 is 0 Å². The maximum Gasteiger partial charge on any atom is 0.266 e. The summed E-state index contributed by atoms with van der Waals surface area (Å²) in [5.74, 6) is 1.03. The average molecular weight is 447 g/mol. The van der Waals surface area contributed by atoms with Crippen LogP contribution in [0.5, 0.6) is 0 Å². The first-order chi connectivity index (χ1) is 15.6. The van der Waals surface area contributed by atoms with Crippen LogP contribution < -0.4 is 15.5 Å². The zero-order chi connectivity index (χ0) is 22.2. The van der Waals surface area contributed by atoms with Gasteiger partial charge in [-0.2, -0.15) is 5.26 Å². The van der Waals surface area contributed by atoms with Crippen LogP contribution in [0.1, 0.15) is 42.2 Å². The van der Waals surface area contributed by atoms with Crippen molar-refractivity contribution in [3.8, 4) is 6.07 Å². The fraction of sp³-hybridized carbons (Fsp3) is 0.375. The number of nitrogen functional groups attached to an aromatic ring is 1. The number of hydrogen-bond acceptors (Lipinski definition) is 7. The minimum absolute atomic E-state index is 0.00685. The minimum atomic E-state index is -0.00685. The van der Waals surface area contributed by atoms with E-state index >= 15 is 0 Å². The number of amides is 1. The van der Waals surface area contributed by atoms with Gasteiger partial charge in [0.1, 0.15) is 17.3 Å². The second-order valence-electron chi connectivity index (χ2n) is 8.44. The second-order valence-corrected chi connectivity index (χ2v) is 9.53. The lowest BCUT2D eigenvalue weighted by atomic mass is 10.1. The van der Waals surface area contributed by atoms with Crippen LogP contribution >= 0.6 is 11.8 Å². The molecule has 8 heteroatoms. The van der Waals surface area contributed by atoms with Crippen LogP contribution in [0.15, 0.2) is 47.1 Å². The molecule has 2 aromatic rings. The molecule has 2 N–H and O–H groups in total. The summed E-state index contributed by atoms with van der Waals surface area (Å²) in [5.41, 5.74) is 9.73. The maximum absolute atomic E-state index is 13.3. The van der Waals surface area contributed by atoms with Crippen molar-refractivity contribution in [2.75, 3.05) is 42.2 Å². The van der Waals surface area contributed by atoms with Gasteiger partial charge < -0.3 is 20.4 Å². The molecule has 3 aliphatic rings. The van der Waals surface area contributed by atoms with E-state index in [4.69, 9.17) is 16.0 Å². The zero-order valence-electron chi connectivity index (χ0n) is 18.1. The smallest absolute Gasteiger partial charge is 0.266 e. The first-order valence-corrected chi connectivity index (χ1v) is 11.9. The van der Waals surface area contributed by atoms with Gasteiger partial charge in [-0.05, 0) is 43.5 Å². The van der Waals surface area contributed by atoms with Crippen LogP contribution in [0.2, 0.25) is 0 Å². The molecule has 0 radical (unpaired) electrons. The van der Waals surface area contributed by atoms with Gasteiger partial charge in [-0.25, -0.2) is 4.98 Å². The number of anilines is 3. The lowest BCUT2D eigenvalue weighted by Crippen LogP contribution is -2.37. The average Bonchev–Trinajstić information content (AvgIpc) is 3.17. The number of rotatable bonds is 3. The van der Waals surface area contributed by atoms with Crippen molar-refractivity contribution in [1.29, 1.82) is 5.26 Å². The summed E-state index contributed by atoms with van der Waals surface area (Å²) in [5, 5.41) is 9.16. The van der Waals surface area contributed by atoms with Crippen molar-refractivity contribution in [2.45, 2.75) is 31.1 Å². The van der Waals surface area contributed by atoms with E-state index in [1.165, 1.54) is 19.3 Å².